The fourth-order valence-electron chi connectivity index (χ4n) is 12.8. The van der Waals surface area contributed by atoms with E-state index in [0.717, 1.165) is 0 Å². The Hall–Kier alpha value is -9.54. The number of hydrogen-bond acceptors (Lipinski definition) is 45. The van der Waals surface area contributed by atoms with Crippen LogP contribution in [0.5, 0.6) is 0 Å². The minimum atomic E-state index is -5.72. The number of aliphatic hydroxyl groups excluding tert-OH is 3. The number of anilines is 3. The van der Waals surface area contributed by atoms with Gasteiger partial charge < -0.3 is 121 Å². The molecule has 12 rings (SSSR count). The average Bonchev–Trinajstić information content (AvgIpc) is 1.63. The Kier molecular flexibility index (Phi) is 35.4. The lowest BCUT2D eigenvalue weighted by Gasteiger charge is -2.19. The Bertz CT molecular complexity index is 5980. The molecule has 135 heavy (non-hydrogen) atoms. The fraction of sp³-hybridized carbons (Fsp3) is 0.381. The van der Waals surface area contributed by atoms with Crippen LogP contribution < -0.4 is 33.2 Å². The van der Waals surface area contributed by atoms with E-state index in [2.05, 4.69) is 136 Å². The van der Waals surface area contributed by atoms with Crippen molar-refractivity contribution in [2.75, 3.05) is 55.4 Å². The zero-order chi connectivity index (χ0) is 99.5. The molecule has 3 aliphatic rings. The predicted octanol–water partition coefficient (Wildman–Crippen LogP) is 3.63. The summed E-state index contributed by atoms with van der Waals surface area (Å²) in [6, 6.07) is 11.7. The monoisotopic (exact) mass is 2080 g/mol. The molecule has 72 heteroatoms. The second kappa shape index (κ2) is 44.5. The molecule has 732 valence electrons. The first-order valence-corrected chi connectivity index (χ1v) is 51.1. The first kappa shape index (κ1) is 107. The number of nitrogens with one attached hydrogen (secondary N) is 3. The molecule has 3 aliphatic heterocycles. The summed E-state index contributed by atoms with van der Waals surface area (Å²) in [5, 5.41) is 75.9. The van der Waals surface area contributed by atoms with Crippen molar-refractivity contribution in [3.63, 3.8) is 0 Å². The van der Waals surface area contributed by atoms with Crippen molar-refractivity contribution >= 4 is 138 Å². The number of hydrogen-bond donors (Lipinski definition) is 21. The molecule has 3 saturated heterocycles. The number of aromatic nitrogens is 12. The Morgan fingerprint density at radius 2 is 0.644 bits per heavy atom. The molecule has 9 aromatic rings. The van der Waals surface area contributed by atoms with Gasteiger partial charge in [-0.3, -0.25) is 57.6 Å². The lowest BCUT2D eigenvalue weighted by atomic mass is 10.0. The summed E-state index contributed by atoms with van der Waals surface area (Å²) in [7, 11) is -50.2. The largest absolute Gasteiger partial charge is 0.490 e. The molecule has 3 aromatic carbocycles. The third-order valence-corrected chi connectivity index (χ3v) is 29.6. The molecule has 3 fully saturated rings. The van der Waals surface area contributed by atoms with Crippen molar-refractivity contribution in [3.05, 3.63) is 156 Å². The van der Waals surface area contributed by atoms with E-state index in [4.69, 9.17) is 60.8 Å². The number of benzene rings is 3. The SMILES string of the molecule is CC(Nc1ncnc2c1ncn2[C@H]1CC(O)[C@@H](COP(=O)(O)OP(=O)(O)OP(=O)(O)O)O1)c1ccc(C#CCN)cc1[N+](=O)[O-].C[C@@H](Nc1ncnc2c1ncn2[C@H]1CC(O)[C@@H](COP(=O)(O)OP(=O)(O)OP(=O)(O)O)O1)c1ccc(C#CCN)cc1[N+](=O)[O-].C[C@H](Nc1ncnc2c1ncn2[C@H]1CC(O)[C@@H](COP(=O)(O)OP(=O)(O)OP(=O)(O)O)O1)c1ccc(C#CCN)cc1[N+](=O)[O-]. The summed E-state index contributed by atoms with van der Waals surface area (Å²) in [5.74, 6) is 16.8. The van der Waals surface area contributed by atoms with Gasteiger partial charge in [0.25, 0.3) is 17.1 Å². The highest BCUT2D eigenvalue weighted by molar-refractivity contribution is 7.68. The molecule has 24 N–H and O–H groups in total. The van der Waals surface area contributed by atoms with Crippen LogP contribution in [0.4, 0.5) is 34.5 Å². The number of nitrogens with two attached hydrogens (primary N) is 3. The van der Waals surface area contributed by atoms with Crippen molar-refractivity contribution in [2.24, 2.45) is 17.2 Å². The van der Waals surface area contributed by atoms with Gasteiger partial charge in [-0.05, 0) is 57.2 Å². The van der Waals surface area contributed by atoms with E-state index in [9.17, 15) is 116 Å². The van der Waals surface area contributed by atoms with Crippen molar-refractivity contribution in [1.82, 2.24) is 58.6 Å². The highest BCUT2D eigenvalue weighted by Crippen LogP contribution is 2.69. The molecule has 0 spiro atoms. The van der Waals surface area contributed by atoms with Gasteiger partial charge in [0.1, 0.15) is 56.0 Å². The van der Waals surface area contributed by atoms with Crippen LogP contribution in [0.1, 0.15) is 110 Å². The van der Waals surface area contributed by atoms with Crippen LogP contribution in [-0.2, 0) is 94.7 Å². The highest BCUT2D eigenvalue weighted by atomic mass is 31.3. The normalized spacial score (nSPS) is 21.8. The second-order valence-electron chi connectivity index (χ2n) is 27.8. The first-order chi connectivity index (χ1) is 62.9. The van der Waals surface area contributed by atoms with Gasteiger partial charge in [-0.1, -0.05) is 35.5 Å². The van der Waals surface area contributed by atoms with Crippen LogP contribution in [0.15, 0.2) is 92.6 Å². The molecule has 10 unspecified atom stereocenters. The standard InChI is InChI=1S/3C21H26N7O14P3/c3*1-12(14-5-4-13(3-2-6-22)7-15(14)28(30)31)26-20-19-21(24-10-23-20)27(11-25-19)18-8-16(29)17(40-18)9-39-44(35,36)42-45(37,38)41-43(32,33)34/h3*4-5,7,10-12,16-18,29H,6,8-9,22H2,1H3,(H,35,36)(H,37,38)(H,23,24,26)(H2,32,33,34)/t12?,16?,17-,18-;12-,16?,17+,18+;12-,16?,17-,18-/m101/s1. The molecule has 18 atom stereocenters. The molecule has 6 aromatic heterocycles. The van der Waals surface area contributed by atoms with Crippen molar-refractivity contribution in [3.8, 4) is 35.5 Å². The van der Waals surface area contributed by atoms with Crippen molar-refractivity contribution in [1.29, 1.82) is 0 Å². The molecular formula is C63H78N21O42P9. The summed E-state index contributed by atoms with van der Waals surface area (Å²) < 4.78 is 160. The smallest absolute Gasteiger partial charge is 0.390 e. The van der Waals surface area contributed by atoms with E-state index in [0.29, 0.717) is 33.4 Å². The quantitative estimate of drug-likeness (QED) is 0.0115. The van der Waals surface area contributed by atoms with Crippen LogP contribution >= 0.6 is 70.4 Å². The molecule has 0 aliphatic carbocycles. The van der Waals surface area contributed by atoms with Crippen LogP contribution in [-0.4, -0.2) is 223 Å². The number of fused-ring (bicyclic) bond motifs is 3. The third kappa shape index (κ3) is 30.2. The van der Waals surface area contributed by atoms with E-state index in [1.165, 1.54) is 69.9 Å². The number of ether oxygens (including phenoxy) is 3. The number of aliphatic hydroxyl groups is 3. The minimum absolute atomic E-state index is 0.0926. The van der Waals surface area contributed by atoms with Gasteiger partial charge in [0.15, 0.2) is 50.9 Å². The van der Waals surface area contributed by atoms with Gasteiger partial charge in [-0.2, -0.15) is 25.9 Å². The average molecular weight is 2080 g/mol. The lowest BCUT2D eigenvalue weighted by molar-refractivity contribution is -0.385. The first-order valence-electron chi connectivity index (χ1n) is 37.5. The van der Waals surface area contributed by atoms with E-state index in [-0.39, 0.29) is 107 Å². The van der Waals surface area contributed by atoms with Gasteiger partial charge >= 0.3 is 70.4 Å². The molecular weight excluding hydrogens is 2000 g/mol. The van der Waals surface area contributed by atoms with Crippen LogP contribution in [0, 0.1) is 65.9 Å². The molecule has 0 radical (unpaired) electrons. The number of imidazole rings is 3. The number of phosphoric acid groups is 9. The number of phosphoric ester groups is 3. The van der Waals surface area contributed by atoms with Crippen LogP contribution in [0.25, 0.3) is 33.5 Å². The summed E-state index contributed by atoms with van der Waals surface area (Å²) in [6.07, 6.45) is -3.25. The number of rotatable bonds is 36. The van der Waals surface area contributed by atoms with E-state index in [1.807, 2.05) is 0 Å². The number of nitrogens with zero attached hydrogens (tertiary/aromatic N) is 15. The Morgan fingerprint density at radius 1 is 0.400 bits per heavy atom. The number of nitro groups is 3. The summed E-state index contributed by atoms with van der Waals surface area (Å²) in [5.41, 5.74) is 19.3. The highest BCUT2D eigenvalue weighted by Gasteiger charge is 2.48. The maximum atomic E-state index is 12.0. The van der Waals surface area contributed by atoms with Gasteiger partial charge in [-0.15, -0.1) is 0 Å². The fourth-order valence-corrected chi connectivity index (χ4v) is 21.9. The maximum absolute atomic E-state index is 12.0. The predicted molar refractivity (Wildman–Crippen MR) is 452 cm³/mol. The summed E-state index contributed by atoms with van der Waals surface area (Å²) in [4.78, 5) is 180. The molecule has 0 bridgehead atoms. The van der Waals surface area contributed by atoms with Gasteiger partial charge in [0.05, 0.1) is 126 Å². The lowest BCUT2D eigenvalue weighted by Crippen LogP contribution is -2.26. The van der Waals surface area contributed by atoms with Gasteiger partial charge in [-0.25, -0.2) is 85.9 Å². The molecule has 0 saturated carbocycles. The van der Waals surface area contributed by atoms with E-state index in [1.54, 1.807) is 57.2 Å². The maximum Gasteiger partial charge on any atom is 0.490 e. The van der Waals surface area contributed by atoms with Crippen LogP contribution in [0.3, 0.4) is 0 Å². The second-order valence-corrected chi connectivity index (χ2v) is 41.1. The van der Waals surface area contributed by atoms with E-state index < -0.39 is 178 Å². The summed E-state index contributed by atoms with van der Waals surface area (Å²) >= 11 is 0. The van der Waals surface area contributed by atoms with Crippen molar-refractivity contribution < 1.29 is 184 Å². The number of nitro benzene ring substituents is 3. The van der Waals surface area contributed by atoms with Gasteiger partial charge in [0, 0.05) is 54.2 Å². The minimum Gasteiger partial charge on any atom is -0.390 e. The van der Waals surface area contributed by atoms with Gasteiger partial charge in [0.2, 0.25) is 0 Å². The third-order valence-electron chi connectivity index (χ3n) is 18.2. The summed E-state index contributed by atoms with van der Waals surface area (Å²) in [6.45, 7) is 2.74. The molecule has 0 amide bonds. The Labute approximate surface area is 755 Å². The zero-order valence-electron chi connectivity index (χ0n) is 68.6. The van der Waals surface area contributed by atoms with Crippen molar-refractivity contribution in [2.45, 2.75) is 113 Å². The Balaban J connectivity index is 0.000000209. The zero-order valence-corrected chi connectivity index (χ0v) is 76.7. The topological polar surface area (TPSA) is 942 Å². The van der Waals surface area contributed by atoms with E-state index >= 15 is 0 Å². The molecule has 63 nitrogen and oxygen atoms in total. The molecule has 9 heterocycles. The Morgan fingerprint density at radius 3 is 0.867 bits per heavy atom. The van der Waals surface area contributed by atoms with Crippen LogP contribution in [0.2, 0.25) is 0 Å².